The Morgan fingerprint density at radius 1 is 1.19 bits per heavy atom. The number of H-pyrrole nitrogens is 1. The van der Waals surface area contributed by atoms with Gasteiger partial charge in [-0.15, -0.1) is 0 Å². The number of aromatic amines is 1. The summed E-state index contributed by atoms with van der Waals surface area (Å²) in [7, 11) is 1.66. The molecular formula is C21H21N3O3. The molecule has 0 bridgehead atoms. The van der Waals surface area contributed by atoms with E-state index in [-0.39, 0.29) is 11.5 Å². The van der Waals surface area contributed by atoms with Gasteiger partial charge in [0.25, 0.3) is 5.56 Å². The van der Waals surface area contributed by atoms with Gasteiger partial charge in [0.2, 0.25) is 5.91 Å². The van der Waals surface area contributed by atoms with Crippen LogP contribution in [0.25, 0.3) is 10.8 Å². The van der Waals surface area contributed by atoms with E-state index in [2.05, 4.69) is 10.2 Å². The fourth-order valence-electron chi connectivity index (χ4n) is 3.70. The first-order chi connectivity index (χ1) is 13.1. The van der Waals surface area contributed by atoms with Gasteiger partial charge in [0.15, 0.2) is 0 Å². The van der Waals surface area contributed by atoms with Crippen molar-refractivity contribution >= 4 is 16.7 Å². The zero-order valence-corrected chi connectivity index (χ0v) is 15.4. The van der Waals surface area contributed by atoms with Crippen molar-refractivity contribution in [2.24, 2.45) is 0 Å². The Balaban J connectivity index is 1.62. The molecule has 4 rings (SSSR count). The van der Waals surface area contributed by atoms with Crippen LogP contribution in [0, 0.1) is 0 Å². The minimum absolute atomic E-state index is 0.0150. The van der Waals surface area contributed by atoms with Crippen molar-refractivity contribution in [3.05, 3.63) is 69.6 Å². The van der Waals surface area contributed by atoms with Gasteiger partial charge in [-0.3, -0.25) is 9.59 Å². The van der Waals surface area contributed by atoms with Crippen LogP contribution < -0.4 is 10.3 Å². The number of methoxy groups -OCH3 is 1. The van der Waals surface area contributed by atoms with Gasteiger partial charge in [0, 0.05) is 18.5 Å². The standard InChI is InChI=1S/C21H21N3O3/c1-13(19-17-5-3-4-6-18(17)20(25)23-22-19)21(26)24-10-9-14-11-16(27-2)8-7-15(14)12-24/h3-8,11,13H,9-10,12H2,1-2H3,(H,23,25). The first-order valence-corrected chi connectivity index (χ1v) is 9.00. The topological polar surface area (TPSA) is 75.3 Å². The number of fused-ring (bicyclic) bond motifs is 2. The summed E-state index contributed by atoms with van der Waals surface area (Å²) >= 11 is 0. The lowest BCUT2D eigenvalue weighted by Gasteiger charge is -2.31. The van der Waals surface area contributed by atoms with Gasteiger partial charge in [-0.2, -0.15) is 5.10 Å². The average Bonchev–Trinajstić information content (AvgIpc) is 2.72. The Hall–Kier alpha value is -3.15. The SMILES string of the molecule is COc1ccc2c(c1)CCN(C(=O)C(C)c1n[nH]c(=O)c3ccccc13)C2. The van der Waals surface area contributed by atoms with Gasteiger partial charge in [-0.25, -0.2) is 5.10 Å². The second kappa shape index (κ2) is 6.87. The number of nitrogens with zero attached hydrogens (tertiary/aromatic N) is 2. The molecule has 1 aliphatic heterocycles. The molecular weight excluding hydrogens is 342 g/mol. The molecule has 1 aromatic heterocycles. The number of rotatable bonds is 3. The highest BCUT2D eigenvalue weighted by atomic mass is 16.5. The smallest absolute Gasteiger partial charge is 0.272 e. The molecule has 0 saturated carbocycles. The Bertz CT molecular complexity index is 1070. The first-order valence-electron chi connectivity index (χ1n) is 9.00. The van der Waals surface area contributed by atoms with Gasteiger partial charge < -0.3 is 9.64 Å². The summed E-state index contributed by atoms with van der Waals surface area (Å²) in [5.74, 6) is 0.415. The van der Waals surface area contributed by atoms with Crippen molar-refractivity contribution in [1.29, 1.82) is 0 Å². The number of aromatic nitrogens is 2. The van der Waals surface area contributed by atoms with Crippen LogP contribution in [0.15, 0.2) is 47.3 Å². The van der Waals surface area contributed by atoms with E-state index in [0.717, 1.165) is 23.1 Å². The third kappa shape index (κ3) is 3.07. The lowest BCUT2D eigenvalue weighted by molar-refractivity contribution is -0.133. The maximum atomic E-state index is 13.1. The Kier molecular flexibility index (Phi) is 4.39. The number of ether oxygens (including phenoxy) is 1. The minimum atomic E-state index is -0.438. The lowest BCUT2D eigenvalue weighted by atomic mass is 9.96. The molecule has 1 atom stereocenters. The van der Waals surface area contributed by atoms with Crippen molar-refractivity contribution in [3.63, 3.8) is 0 Å². The van der Waals surface area contributed by atoms with Gasteiger partial charge >= 0.3 is 0 Å². The fraction of sp³-hybridized carbons (Fsp3) is 0.286. The molecule has 2 heterocycles. The van der Waals surface area contributed by atoms with E-state index >= 15 is 0 Å². The summed E-state index contributed by atoms with van der Waals surface area (Å²) < 4.78 is 5.28. The first kappa shape index (κ1) is 17.3. The molecule has 6 nitrogen and oxygen atoms in total. The van der Waals surface area contributed by atoms with Crippen molar-refractivity contribution in [2.75, 3.05) is 13.7 Å². The van der Waals surface area contributed by atoms with E-state index in [9.17, 15) is 9.59 Å². The van der Waals surface area contributed by atoms with Crippen LogP contribution in [-0.2, 0) is 17.8 Å². The molecule has 27 heavy (non-hydrogen) atoms. The predicted octanol–water partition coefficient (Wildman–Crippen LogP) is 2.62. The van der Waals surface area contributed by atoms with Crippen molar-refractivity contribution in [1.82, 2.24) is 15.1 Å². The third-order valence-electron chi connectivity index (χ3n) is 5.24. The van der Waals surface area contributed by atoms with Gasteiger partial charge in [0.05, 0.1) is 24.1 Å². The average molecular weight is 363 g/mol. The van der Waals surface area contributed by atoms with Crippen LogP contribution in [0.5, 0.6) is 5.75 Å². The number of amides is 1. The highest BCUT2D eigenvalue weighted by Crippen LogP contribution is 2.27. The summed E-state index contributed by atoms with van der Waals surface area (Å²) in [5.41, 5.74) is 2.73. The summed E-state index contributed by atoms with van der Waals surface area (Å²) in [5, 5.41) is 7.99. The second-order valence-corrected chi connectivity index (χ2v) is 6.85. The van der Waals surface area contributed by atoms with Crippen LogP contribution in [0.4, 0.5) is 0 Å². The minimum Gasteiger partial charge on any atom is -0.497 e. The van der Waals surface area contributed by atoms with E-state index in [1.54, 1.807) is 13.2 Å². The molecule has 6 heteroatoms. The predicted molar refractivity (Wildman–Crippen MR) is 103 cm³/mol. The van der Waals surface area contributed by atoms with E-state index in [4.69, 9.17) is 4.74 Å². The zero-order valence-electron chi connectivity index (χ0n) is 15.4. The normalized spacial score (nSPS) is 14.7. The number of hydrogen-bond acceptors (Lipinski definition) is 4. The van der Waals surface area contributed by atoms with Gasteiger partial charge in [0.1, 0.15) is 5.75 Å². The molecule has 3 aromatic rings. The largest absolute Gasteiger partial charge is 0.497 e. The quantitative estimate of drug-likeness (QED) is 0.776. The highest BCUT2D eigenvalue weighted by Gasteiger charge is 2.28. The molecule has 1 N–H and O–H groups in total. The third-order valence-corrected chi connectivity index (χ3v) is 5.24. The second-order valence-electron chi connectivity index (χ2n) is 6.85. The molecule has 0 saturated heterocycles. The maximum absolute atomic E-state index is 13.1. The van der Waals surface area contributed by atoms with Gasteiger partial charge in [-0.1, -0.05) is 24.3 Å². The molecule has 1 aliphatic rings. The van der Waals surface area contributed by atoms with E-state index in [1.807, 2.05) is 48.2 Å². The Morgan fingerprint density at radius 2 is 1.96 bits per heavy atom. The van der Waals surface area contributed by atoms with Crippen LogP contribution >= 0.6 is 0 Å². The van der Waals surface area contributed by atoms with Gasteiger partial charge in [-0.05, 0) is 42.7 Å². The number of carbonyl (C=O) groups is 1. The van der Waals surface area contributed by atoms with Crippen molar-refractivity contribution < 1.29 is 9.53 Å². The van der Waals surface area contributed by atoms with E-state index < -0.39 is 5.92 Å². The number of carbonyl (C=O) groups excluding carboxylic acids is 1. The van der Waals surface area contributed by atoms with Crippen LogP contribution in [0.1, 0.15) is 29.7 Å². The molecule has 138 valence electrons. The summed E-state index contributed by atoms with van der Waals surface area (Å²) in [6.07, 6.45) is 0.796. The lowest BCUT2D eigenvalue weighted by Crippen LogP contribution is -2.38. The monoisotopic (exact) mass is 363 g/mol. The van der Waals surface area contributed by atoms with Crippen molar-refractivity contribution in [3.8, 4) is 5.75 Å². The Morgan fingerprint density at radius 3 is 2.74 bits per heavy atom. The molecule has 1 amide bonds. The summed E-state index contributed by atoms with van der Waals surface area (Å²) in [6.45, 7) is 3.08. The van der Waals surface area contributed by atoms with Crippen molar-refractivity contribution in [2.45, 2.75) is 25.8 Å². The highest BCUT2D eigenvalue weighted by molar-refractivity contribution is 5.91. The molecule has 0 spiro atoms. The molecule has 1 unspecified atom stereocenters. The summed E-state index contributed by atoms with van der Waals surface area (Å²) in [6, 6.07) is 13.2. The Labute approximate surface area is 156 Å². The van der Waals surface area contributed by atoms with E-state index in [1.165, 1.54) is 5.56 Å². The summed E-state index contributed by atoms with van der Waals surface area (Å²) in [4.78, 5) is 27.0. The van der Waals surface area contributed by atoms with Crippen LogP contribution in [0.3, 0.4) is 0 Å². The number of hydrogen-bond donors (Lipinski definition) is 1. The molecule has 2 aromatic carbocycles. The fourth-order valence-corrected chi connectivity index (χ4v) is 3.70. The van der Waals surface area contributed by atoms with Crippen LogP contribution in [-0.4, -0.2) is 34.7 Å². The number of benzene rings is 2. The molecule has 0 radical (unpaired) electrons. The van der Waals surface area contributed by atoms with E-state index in [0.29, 0.717) is 24.2 Å². The van der Waals surface area contributed by atoms with Crippen LogP contribution in [0.2, 0.25) is 0 Å². The molecule has 0 fully saturated rings. The number of nitrogens with one attached hydrogen (secondary N) is 1. The zero-order chi connectivity index (χ0) is 19.0. The molecule has 0 aliphatic carbocycles. The maximum Gasteiger partial charge on any atom is 0.272 e.